The smallest absolute Gasteiger partial charge is 0.103 e. The molecule has 3 heteroatoms. The Morgan fingerprint density at radius 1 is 1.25 bits per heavy atom. The van der Waals surface area contributed by atoms with Gasteiger partial charge in [0, 0.05) is 25.6 Å². The van der Waals surface area contributed by atoms with Crippen LogP contribution >= 0.6 is 0 Å². The van der Waals surface area contributed by atoms with Crippen LogP contribution in [0.5, 0.6) is 0 Å². The van der Waals surface area contributed by atoms with Crippen LogP contribution in [0.25, 0.3) is 10.8 Å². The van der Waals surface area contributed by atoms with Crippen molar-refractivity contribution >= 4 is 10.8 Å². The Labute approximate surface area is 119 Å². The number of benzene rings is 2. The molecule has 0 bridgehead atoms. The van der Waals surface area contributed by atoms with Crippen LogP contribution in [0.2, 0.25) is 0 Å². The highest BCUT2D eigenvalue weighted by molar-refractivity contribution is 5.86. The van der Waals surface area contributed by atoms with Crippen molar-refractivity contribution in [1.82, 2.24) is 5.32 Å². The summed E-state index contributed by atoms with van der Waals surface area (Å²) >= 11 is 0. The second-order valence-electron chi connectivity index (χ2n) is 5.70. The Hall–Kier alpha value is -1.42. The number of rotatable bonds is 4. The number of ether oxygens (including phenoxy) is 1. The molecule has 0 aliphatic carbocycles. The molecule has 2 atom stereocenters. The molecule has 106 valence electrons. The van der Waals surface area contributed by atoms with Gasteiger partial charge in [-0.05, 0) is 23.3 Å². The molecule has 0 aromatic heterocycles. The Morgan fingerprint density at radius 2 is 2.05 bits per heavy atom. The molecular formula is C17H21NO2. The van der Waals surface area contributed by atoms with E-state index < -0.39 is 5.60 Å². The van der Waals surface area contributed by atoms with Crippen molar-refractivity contribution in [3.63, 3.8) is 0 Å². The van der Waals surface area contributed by atoms with Gasteiger partial charge >= 0.3 is 0 Å². The van der Waals surface area contributed by atoms with Crippen LogP contribution in [0, 0.1) is 0 Å². The lowest BCUT2D eigenvalue weighted by atomic mass is 9.98. The highest BCUT2D eigenvalue weighted by Crippen LogP contribution is 2.25. The number of aliphatic hydroxyl groups is 1. The number of hydrogen-bond acceptors (Lipinski definition) is 3. The Bertz CT molecular complexity index is 585. The van der Waals surface area contributed by atoms with E-state index in [4.69, 9.17) is 4.74 Å². The molecule has 1 aliphatic rings. The summed E-state index contributed by atoms with van der Waals surface area (Å²) in [5.74, 6) is 0. The van der Waals surface area contributed by atoms with Crippen LogP contribution < -0.4 is 5.32 Å². The average Bonchev–Trinajstić information content (AvgIpc) is 2.91. The van der Waals surface area contributed by atoms with Gasteiger partial charge < -0.3 is 15.2 Å². The molecule has 0 radical (unpaired) electrons. The van der Waals surface area contributed by atoms with Crippen LogP contribution in [0.1, 0.15) is 24.9 Å². The van der Waals surface area contributed by atoms with Crippen molar-refractivity contribution < 1.29 is 9.84 Å². The first-order chi connectivity index (χ1) is 9.68. The summed E-state index contributed by atoms with van der Waals surface area (Å²) in [7, 11) is 0. The van der Waals surface area contributed by atoms with E-state index in [0.29, 0.717) is 26.2 Å². The van der Waals surface area contributed by atoms with Gasteiger partial charge in [-0.25, -0.2) is 0 Å². The van der Waals surface area contributed by atoms with Gasteiger partial charge in [0.25, 0.3) is 0 Å². The number of hydrogen-bond donors (Lipinski definition) is 2. The molecule has 2 aromatic rings. The van der Waals surface area contributed by atoms with Gasteiger partial charge in [-0.1, -0.05) is 42.5 Å². The minimum atomic E-state index is -0.709. The fourth-order valence-electron chi connectivity index (χ4n) is 2.82. The van der Waals surface area contributed by atoms with Gasteiger partial charge in [-0.2, -0.15) is 0 Å². The van der Waals surface area contributed by atoms with Crippen LogP contribution in [0.4, 0.5) is 0 Å². The van der Waals surface area contributed by atoms with Crippen molar-refractivity contribution in [2.75, 3.05) is 19.8 Å². The predicted molar refractivity (Wildman–Crippen MR) is 80.8 cm³/mol. The third-order valence-electron chi connectivity index (χ3n) is 4.11. The quantitative estimate of drug-likeness (QED) is 0.898. The van der Waals surface area contributed by atoms with Crippen LogP contribution in [-0.4, -0.2) is 30.5 Å². The van der Waals surface area contributed by atoms with E-state index in [9.17, 15) is 5.11 Å². The van der Waals surface area contributed by atoms with E-state index in [1.165, 1.54) is 16.3 Å². The average molecular weight is 271 g/mol. The first-order valence-corrected chi connectivity index (χ1v) is 7.19. The van der Waals surface area contributed by atoms with Gasteiger partial charge in [-0.3, -0.25) is 0 Å². The summed E-state index contributed by atoms with van der Waals surface area (Å²) in [6, 6.07) is 15.0. The standard InChI is InChI=1S/C17H21NO2/c1-13(18-11-17(19)9-10-20-12-17)15-8-4-6-14-5-2-3-7-16(14)15/h2-8,13,18-19H,9-12H2,1H3/t13-,17-/m0/s1. The zero-order valence-corrected chi connectivity index (χ0v) is 11.8. The maximum Gasteiger partial charge on any atom is 0.103 e. The zero-order chi connectivity index (χ0) is 14.0. The molecule has 1 saturated heterocycles. The van der Waals surface area contributed by atoms with Gasteiger partial charge in [0.2, 0.25) is 0 Å². The summed E-state index contributed by atoms with van der Waals surface area (Å²) in [5, 5.41) is 16.3. The SMILES string of the molecule is C[C@H](NC[C@@]1(O)CCOC1)c1cccc2ccccc12. The molecule has 3 rings (SSSR count). The first kappa shape index (κ1) is 13.6. The van der Waals surface area contributed by atoms with Crippen LogP contribution in [0.3, 0.4) is 0 Å². The molecule has 1 fully saturated rings. The molecule has 2 aromatic carbocycles. The number of nitrogens with one attached hydrogen (secondary N) is 1. The molecule has 3 nitrogen and oxygen atoms in total. The van der Waals surface area contributed by atoms with Crippen molar-refractivity contribution in [1.29, 1.82) is 0 Å². The Balaban J connectivity index is 1.77. The fourth-order valence-corrected chi connectivity index (χ4v) is 2.82. The summed E-state index contributed by atoms with van der Waals surface area (Å²) in [5.41, 5.74) is 0.560. The maximum atomic E-state index is 10.3. The molecule has 0 saturated carbocycles. The largest absolute Gasteiger partial charge is 0.386 e. The third-order valence-corrected chi connectivity index (χ3v) is 4.11. The molecule has 2 N–H and O–H groups in total. The third kappa shape index (κ3) is 2.70. The van der Waals surface area contributed by atoms with Crippen molar-refractivity contribution in [3.8, 4) is 0 Å². The molecule has 0 unspecified atom stereocenters. The maximum absolute atomic E-state index is 10.3. The molecule has 1 aliphatic heterocycles. The van der Waals surface area contributed by atoms with Crippen molar-refractivity contribution in [2.24, 2.45) is 0 Å². The lowest BCUT2D eigenvalue weighted by molar-refractivity contribution is 0.0252. The van der Waals surface area contributed by atoms with E-state index >= 15 is 0 Å². The van der Waals surface area contributed by atoms with Crippen molar-refractivity contribution in [3.05, 3.63) is 48.0 Å². The van der Waals surface area contributed by atoms with E-state index in [1.807, 2.05) is 0 Å². The summed E-state index contributed by atoms with van der Waals surface area (Å²) in [6.07, 6.45) is 0.711. The van der Waals surface area contributed by atoms with Crippen molar-refractivity contribution in [2.45, 2.75) is 25.0 Å². The Morgan fingerprint density at radius 3 is 2.85 bits per heavy atom. The molecule has 0 amide bonds. The van der Waals surface area contributed by atoms with E-state index in [-0.39, 0.29) is 6.04 Å². The van der Waals surface area contributed by atoms with Gasteiger partial charge in [0.05, 0.1) is 6.61 Å². The van der Waals surface area contributed by atoms with Gasteiger partial charge in [-0.15, -0.1) is 0 Å². The fraction of sp³-hybridized carbons (Fsp3) is 0.412. The van der Waals surface area contributed by atoms with Crippen LogP contribution in [0.15, 0.2) is 42.5 Å². The molecule has 1 heterocycles. The van der Waals surface area contributed by atoms with Gasteiger partial charge in [0.15, 0.2) is 0 Å². The molecule has 20 heavy (non-hydrogen) atoms. The lowest BCUT2D eigenvalue weighted by Gasteiger charge is -2.24. The predicted octanol–water partition coefficient (Wildman–Crippen LogP) is 2.64. The van der Waals surface area contributed by atoms with Gasteiger partial charge in [0.1, 0.15) is 5.60 Å². The second kappa shape index (κ2) is 5.52. The molecule has 0 spiro atoms. The van der Waals surface area contributed by atoms with Crippen LogP contribution in [-0.2, 0) is 4.74 Å². The summed E-state index contributed by atoms with van der Waals surface area (Å²) in [6.45, 7) is 3.79. The topological polar surface area (TPSA) is 41.5 Å². The van der Waals surface area contributed by atoms with E-state index in [1.54, 1.807) is 0 Å². The second-order valence-corrected chi connectivity index (χ2v) is 5.70. The number of fused-ring (bicyclic) bond motifs is 1. The first-order valence-electron chi connectivity index (χ1n) is 7.19. The van der Waals surface area contributed by atoms with E-state index in [0.717, 1.165) is 0 Å². The monoisotopic (exact) mass is 271 g/mol. The minimum Gasteiger partial charge on any atom is -0.386 e. The summed E-state index contributed by atoms with van der Waals surface area (Å²) in [4.78, 5) is 0. The highest BCUT2D eigenvalue weighted by Gasteiger charge is 2.32. The normalized spacial score (nSPS) is 24.1. The zero-order valence-electron chi connectivity index (χ0n) is 11.8. The minimum absolute atomic E-state index is 0.200. The Kier molecular flexibility index (Phi) is 3.74. The molecular weight excluding hydrogens is 250 g/mol. The highest BCUT2D eigenvalue weighted by atomic mass is 16.5. The lowest BCUT2D eigenvalue weighted by Crippen LogP contribution is -2.41. The summed E-state index contributed by atoms with van der Waals surface area (Å²) < 4.78 is 5.28. The van der Waals surface area contributed by atoms with E-state index in [2.05, 4.69) is 54.7 Å².